The normalized spacial score (nSPS) is 10.1. The number of ether oxygens (including phenoxy) is 2. The van der Waals surface area contributed by atoms with E-state index in [2.05, 4.69) is 26.1 Å². The van der Waals surface area contributed by atoms with E-state index >= 15 is 0 Å². The van der Waals surface area contributed by atoms with E-state index in [4.69, 9.17) is 9.47 Å². The van der Waals surface area contributed by atoms with E-state index in [0.29, 0.717) is 5.88 Å². The largest absolute Gasteiger partial charge is 0.497 e. The molecule has 0 radical (unpaired) electrons. The highest BCUT2D eigenvalue weighted by Gasteiger charge is 2.06. The van der Waals surface area contributed by atoms with E-state index in [1.54, 1.807) is 14.2 Å². The highest BCUT2D eigenvalue weighted by molar-refractivity contribution is 9.10. The first-order valence-electron chi connectivity index (χ1n) is 4.96. The molecule has 0 aliphatic rings. The second-order valence-corrected chi connectivity index (χ2v) is 4.17. The Hall–Kier alpha value is -1.62. The lowest BCUT2D eigenvalue weighted by atomic mass is 10.1. The van der Waals surface area contributed by atoms with Gasteiger partial charge in [-0.3, -0.25) is 0 Å². The van der Waals surface area contributed by atoms with Crippen molar-refractivity contribution in [1.29, 1.82) is 0 Å². The molecule has 2 rings (SSSR count). The van der Waals surface area contributed by atoms with Gasteiger partial charge in [0, 0.05) is 5.56 Å². The van der Waals surface area contributed by atoms with Crippen molar-refractivity contribution in [2.45, 2.75) is 0 Å². The molecule has 0 atom stereocenters. The molecule has 2 aromatic rings. The Kier molecular flexibility index (Phi) is 3.58. The van der Waals surface area contributed by atoms with Crippen LogP contribution in [0.3, 0.4) is 0 Å². The number of nitrogens with zero attached hydrogens (tertiary/aromatic N) is 2. The van der Waals surface area contributed by atoms with Crippen molar-refractivity contribution in [2.24, 2.45) is 0 Å². The van der Waals surface area contributed by atoms with E-state index in [0.717, 1.165) is 21.5 Å². The molecule has 17 heavy (non-hydrogen) atoms. The fraction of sp³-hybridized carbons (Fsp3) is 0.167. The fourth-order valence-corrected chi connectivity index (χ4v) is 1.86. The third-order valence-corrected chi connectivity index (χ3v) is 2.86. The van der Waals surface area contributed by atoms with Crippen LogP contribution in [0, 0.1) is 0 Å². The Bertz CT molecular complexity index is 514. The second kappa shape index (κ2) is 5.14. The van der Waals surface area contributed by atoms with E-state index < -0.39 is 0 Å². The predicted molar refractivity (Wildman–Crippen MR) is 68.3 cm³/mol. The third-order valence-electron chi connectivity index (χ3n) is 2.30. The number of benzene rings is 1. The molecule has 0 bridgehead atoms. The number of aromatic nitrogens is 2. The van der Waals surface area contributed by atoms with Crippen LogP contribution in [0.5, 0.6) is 11.6 Å². The molecule has 0 aliphatic heterocycles. The lowest BCUT2D eigenvalue weighted by Gasteiger charge is -2.05. The number of methoxy groups -OCH3 is 2. The van der Waals surface area contributed by atoms with Gasteiger partial charge in [0.1, 0.15) is 5.75 Å². The first-order chi connectivity index (χ1) is 8.24. The Morgan fingerprint density at radius 1 is 1.00 bits per heavy atom. The molecule has 0 N–H and O–H groups in total. The van der Waals surface area contributed by atoms with Crippen molar-refractivity contribution < 1.29 is 9.47 Å². The first-order valence-corrected chi connectivity index (χ1v) is 5.75. The van der Waals surface area contributed by atoms with Crippen molar-refractivity contribution in [1.82, 2.24) is 10.2 Å². The molecule has 0 unspecified atom stereocenters. The van der Waals surface area contributed by atoms with Gasteiger partial charge in [-0.15, -0.1) is 10.2 Å². The lowest BCUT2D eigenvalue weighted by molar-refractivity contribution is 0.389. The SMILES string of the molecule is COc1ccc(-c2cc(Br)c(OC)nn2)cc1. The van der Waals surface area contributed by atoms with Gasteiger partial charge in [0.05, 0.1) is 24.4 Å². The number of hydrogen-bond acceptors (Lipinski definition) is 4. The summed E-state index contributed by atoms with van der Waals surface area (Å²) in [7, 11) is 3.20. The number of rotatable bonds is 3. The Morgan fingerprint density at radius 2 is 1.71 bits per heavy atom. The predicted octanol–water partition coefficient (Wildman–Crippen LogP) is 2.92. The summed E-state index contributed by atoms with van der Waals surface area (Å²) in [6, 6.07) is 9.50. The quantitative estimate of drug-likeness (QED) is 0.873. The van der Waals surface area contributed by atoms with Gasteiger partial charge < -0.3 is 9.47 Å². The van der Waals surface area contributed by atoms with E-state index in [-0.39, 0.29) is 0 Å². The molecule has 5 heteroatoms. The van der Waals surface area contributed by atoms with E-state index in [9.17, 15) is 0 Å². The summed E-state index contributed by atoms with van der Waals surface area (Å²) in [4.78, 5) is 0. The zero-order chi connectivity index (χ0) is 12.3. The summed E-state index contributed by atoms with van der Waals surface area (Å²) in [5, 5.41) is 8.06. The van der Waals surface area contributed by atoms with E-state index in [1.807, 2.05) is 30.3 Å². The van der Waals surface area contributed by atoms with Crippen molar-refractivity contribution >= 4 is 15.9 Å². The molecule has 0 saturated carbocycles. The zero-order valence-electron chi connectivity index (χ0n) is 9.48. The minimum Gasteiger partial charge on any atom is -0.497 e. The van der Waals surface area contributed by atoms with Crippen LogP contribution in [0.1, 0.15) is 0 Å². The van der Waals surface area contributed by atoms with Crippen molar-refractivity contribution in [3.63, 3.8) is 0 Å². The van der Waals surface area contributed by atoms with Crippen LogP contribution in [0.25, 0.3) is 11.3 Å². The topological polar surface area (TPSA) is 44.2 Å². The summed E-state index contributed by atoms with van der Waals surface area (Å²) in [5.41, 5.74) is 1.75. The standard InChI is InChI=1S/C12H11BrN2O2/c1-16-9-5-3-8(4-6-9)11-7-10(13)12(17-2)15-14-11/h3-7H,1-2H3. The highest BCUT2D eigenvalue weighted by atomic mass is 79.9. The van der Waals surface area contributed by atoms with Gasteiger partial charge >= 0.3 is 0 Å². The Balaban J connectivity index is 2.35. The summed E-state index contributed by atoms with van der Waals surface area (Å²) in [5.74, 6) is 1.29. The Morgan fingerprint density at radius 3 is 2.24 bits per heavy atom. The second-order valence-electron chi connectivity index (χ2n) is 3.32. The molecule has 1 aromatic heterocycles. The molecule has 4 nitrogen and oxygen atoms in total. The minimum absolute atomic E-state index is 0.474. The van der Waals surface area contributed by atoms with Gasteiger partial charge in [0.15, 0.2) is 0 Å². The van der Waals surface area contributed by atoms with Crippen LogP contribution in [-0.2, 0) is 0 Å². The van der Waals surface area contributed by atoms with Gasteiger partial charge in [0.2, 0.25) is 5.88 Å². The van der Waals surface area contributed by atoms with Gasteiger partial charge in [-0.2, -0.15) is 0 Å². The summed E-state index contributed by atoms with van der Waals surface area (Å²) >= 11 is 3.38. The Labute approximate surface area is 108 Å². The number of hydrogen-bond donors (Lipinski definition) is 0. The van der Waals surface area contributed by atoms with Gasteiger partial charge in [-0.05, 0) is 46.3 Å². The maximum Gasteiger partial charge on any atom is 0.247 e. The average molecular weight is 295 g/mol. The lowest BCUT2D eigenvalue weighted by Crippen LogP contribution is -1.94. The smallest absolute Gasteiger partial charge is 0.247 e. The van der Waals surface area contributed by atoms with Crippen molar-refractivity contribution in [3.8, 4) is 22.9 Å². The van der Waals surface area contributed by atoms with Crippen molar-refractivity contribution in [3.05, 3.63) is 34.8 Å². The molecule has 0 spiro atoms. The van der Waals surface area contributed by atoms with Crippen molar-refractivity contribution in [2.75, 3.05) is 14.2 Å². The van der Waals surface area contributed by atoms with Crippen LogP contribution < -0.4 is 9.47 Å². The van der Waals surface area contributed by atoms with Crippen LogP contribution in [0.4, 0.5) is 0 Å². The molecule has 88 valence electrons. The highest BCUT2D eigenvalue weighted by Crippen LogP contribution is 2.27. The summed E-state index contributed by atoms with van der Waals surface area (Å²) < 4.78 is 10.9. The molecule has 0 amide bonds. The molecule has 0 fully saturated rings. The fourth-order valence-electron chi connectivity index (χ4n) is 1.40. The first kappa shape index (κ1) is 11.9. The van der Waals surface area contributed by atoms with Crippen LogP contribution in [-0.4, -0.2) is 24.4 Å². The van der Waals surface area contributed by atoms with Crippen LogP contribution >= 0.6 is 15.9 Å². The average Bonchev–Trinajstić information content (AvgIpc) is 2.39. The molecule has 0 saturated heterocycles. The monoisotopic (exact) mass is 294 g/mol. The maximum atomic E-state index is 5.10. The molecule has 0 aliphatic carbocycles. The van der Waals surface area contributed by atoms with Crippen LogP contribution in [0.2, 0.25) is 0 Å². The summed E-state index contributed by atoms with van der Waals surface area (Å²) in [6.07, 6.45) is 0. The number of halogens is 1. The van der Waals surface area contributed by atoms with Crippen LogP contribution in [0.15, 0.2) is 34.8 Å². The van der Waals surface area contributed by atoms with Gasteiger partial charge in [-0.1, -0.05) is 0 Å². The minimum atomic E-state index is 0.474. The zero-order valence-corrected chi connectivity index (χ0v) is 11.1. The van der Waals surface area contributed by atoms with E-state index in [1.165, 1.54) is 0 Å². The third kappa shape index (κ3) is 2.55. The maximum absolute atomic E-state index is 5.10. The summed E-state index contributed by atoms with van der Waals surface area (Å²) in [6.45, 7) is 0. The molecule has 1 aromatic carbocycles. The van der Waals surface area contributed by atoms with Gasteiger partial charge in [-0.25, -0.2) is 0 Å². The molecule has 1 heterocycles. The molecular weight excluding hydrogens is 284 g/mol. The van der Waals surface area contributed by atoms with Gasteiger partial charge in [0.25, 0.3) is 0 Å². The molecular formula is C12H11BrN2O2.